The van der Waals surface area contributed by atoms with Crippen molar-refractivity contribution in [2.75, 3.05) is 20.6 Å². The van der Waals surface area contributed by atoms with Crippen LogP contribution in [0.3, 0.4) is 0 Å². The van der Waals surface area contributed by atoms with Crippen molar-refractivity contribution in [1.82, 2.24) is 10.2 Å². The summed E-state index contributed by atoms with van der Waals surface area (Å²) in [7, 11) is 3.33. The van der Waals surface area contributed by atoms with E-state index in [4.69, 9.17) is 27.9 Å². The van der Waals surface area contributed by atoms with Gasteiger partial charge in [0.25, 0.3) is 5.91 Å². The number of ether oxygens (including phenoxy) is 1. The molecule has 0 spiro atoms. The molecule has 21 heavy (non-hydrogen) atoms. The SMILES string of the molecule is C[C@@H](Oc1cc(Cl)cc(Cl)c1)C(=O)NCCC(=O)N(C)C. The number of amides is 2. The Balaban J connectivity index is 2.45. The molecule has 0 saturated carbocycles. The van der Waals surface area contributed by atoms with Crippen LogP contribution in [-0.4, -0.2) is 43.5 Å². The van der Waals surface area contributed by atoms with Gasteiger partial charge in [0, 0.05) is 37.1 Å². The molecule has 1 N–H and O–H groups in total. The Hall–Kier alpha value is -1.46. The van der Waals surface area contributed by atoms with E-state index < -0.39 is 6.10 Å². The molecular weight excluding hydrogens is 315 g/mol. The van der Waals surface area contributed by atoms with Gasteiger partial charge in [0.1, 0.15) is 5.75 Å². The molecule has 2 amide bonds. The number of nitrogens with zero attached hydrogens (tertiary/aromatic N) is 1. The Bertz CT molecular complexity index is 501. The van der Waals surface area contributed by atoms with Crippen LogP contribution in [0.5, 0.6) is 5.75 Å². The van der Waals surface area contributed by atoms with Crippen LogP contribution in [0.15, 0.2) is 18.2 Å². The van der Waals surface area contributed by atoms with Crippen LogP contribution in [0, 0.1) is 0 Å². The minimum atomic E-state index is -0.714. The average molecular weight is 333 g/mol. The highest BCUT2D eigenvalue weighted by Gasteiger charge is 2.15. The van der Waals surface area contributed by atoms with Crippen molar-refractivity contribution in [3.63, 3.8) is 0 Å². The Kier molecular flexibility index (Phi) is 6.78. The number of hydrogen-bond donors (Lipinski definition) is 1. The maximum absolute atomic E-state index is 11.8. The summed E-state index contributed by atoms with van der Waals surface area (Å²) in [6, 6.07) is 4.73. The lowest BCUT2D eigenvalue weighted by molar-refractivity contribution is -0.129. The van der Waals surface area contributed by atoms with E-state index in [9.17, 15) is 9.59 Å². The molecule has 0 unspecified atom stereocenters. The maximum Gasteiger partial charge on any atom is 0.260 e. The molecular formula is C14H18Cl2N2O3. The summed E-state index contributed by atoms with van der Waals surface area (Å²) in [6.45, 7) is 1.87. The number of rotatable bonds is 6. The van der Waals surface area contributed by atoms with E-state index in [2.05, 4.69) is 5.32 Å². The van der Waals surface area contributed by atoms with Crippen molar-refractivity contribution < 1.29 is 14.3 Å². The van der Waals surface area contributed by atoms with Crippen molar-refractivity contribution in [3.8, 4) is 5.75 Å². The second kappa shape index (κ2) is 8.10. The van der Waals surface area contributed by atoms with Crippen molar-refractivity contribution >= 4 is 35.0 Å². The zero-order valence-corrected chi connectivity index (χ0v) is 13.7. The fourth-order valence-corrected chi connectivity index (χ4v) is 2.02. The first-order valence-electron chi connectivity index (χ1n) is 6.40. The van der Waals surface area contributed by atoms with Gasteiger partial charge >= 0.3 is 0 Å². The Labute approximate surface area is 134 Å². The molecule has 116 valence electrons. The number of hydrogen-bond acceptors (Lipinski definition) is 3. The van der Waals surface area contributed by atoms with Crippen LogP contribution in [-0.2, 0) is 9.59 Å². The van der Waals surface area contributed by atoms with E-state index in [0.717, 1.165) is 0 Å². The first-order chi connectivity index (χ1) is 9.79. The monoisotopic (exact) mass is 332 g/mol. The van der Waals surface area contributed by atoms with Gasteiger partial charge in [-0.2, -0.15) is 0 Å². The summed E-state index contributed by atoms with van der Waals surface area (Å²) in [6.07, 6.45) is -0.469. The summed E-state index contributed by atoms with van der Waals surface area (Å²) in [5.41, 5.74) is 0. The second-order valence-corrected chi connectivity index (χ2v) is 5.57. The molecule has 7 heteroatoms. The van der Waals surface area contributed by atoms with Crippen LogP contribution < -0.4 is 10.1 Å². The molecule has 0 saturated heterocycles. The predicted molar refractivity (Wildman–Crippen MR) is 82.9 cm³/mol. The molecule has 0 aliphatic heterocycles. The molecule has 0 fully saturated rings. The van der Waals surface area contributed by atoms with Gasteiger partial charge in [0.2, 0.25) is 5.91 Å². The maximum atomic E-state index is 11.8. The molecule has 0 aromatic heterocycles. The van der Waals surface area contributed by atoms with E-state index in [1.165, 1.54) is 4.90 Å². The number of carbonyl (C=O) groups excluding carboxylic acids is 2. The molecule has 5 nitrogen and oxygen atoms in total. The Morgan fingerprint density at radius 2 is 1.81 bits per heavy atom. The van der Waals surface area contributed by atoms with Gasteiger partial charge < -0.3 is 15.0 Å². The highest BCUT2D eigenvalue weighted by molar-refractivity contribution is 6.34. The summed E-state index contributed by atoms with van der Waals surface area (Å²) in [5, 5.41) is 3.50. The number of benzene rings is 1. The summed E-state index contributed by atoms with van der Waals surface area (Å²) in [5.74, 6) is 0.0580. The number of carbonyl (C=O) groups is 2. The third-order valence-electron chi connectivity index (χ3n) is 2.66. The highest BCUT2D eigenvalue weighted by Crippen LogP contribution is 2.24. The smallest absolute Gasteiger partial charge is 0.260 e. The second-order valence-electron chi connectivity index (χ2n) is 4.69. The number of halogens is 2. The molecule has 1 aromatic carbocycles. The largest absolute Gasteiger partial charge is 0.481 e. The quantitative estimate of drug-likeness (QED) is 0.869. The zero-order chi connectivity index (χ0) is 16.0. The normalized spacial score (nSPS) is 11.7. The third kappa shape index (κ3) is 6.23. The number of nitrogens with one attached hydrogen (secondary N) is 1. The highest BCUT2D eigenvalue weighted by atomic mass is 35.5. The molecule has 0 aliphatic rings. The van der Waals surface area contributed by atoms with Gasteiger partial charge in [-0.25, -0.2) is 0 Å². The van der Waals surface area contributed by atoms with E-state index in [1.807, 2.05) is 0 Å². The minimum absolute atomic E-state index is 0.0505. The van der Waals surface area contributed by atoms with Gasteiger partial charge in [-0.3, -0.25) is 9.59 Å². The average Bonchev–Trinajstić information content (AvgIpc) is 2.36. The van der Waals surface area contributed by atoms with E-state index in [1.54, 1.807) is 39.2 Å². The molecule has 1 aromatic rings. The van der Waals surface area contributed by atoms with Crippen molar-refractivity contribution in [3.05, 3.63) is 28.2 Å². The van der Waals surface area contributed by atoms with E-state index in [0.29, 0.717) is 15.8 Å². The topological polar surface area (TPSA) is 58.6 Å². The summed E-state index contributed by atoms with van der Waals surface area (Å²) in [4.78, 5) is 24.7. The van der Waals surface area contributed by atoms with Crippen LogP contribution >= 0.6 is 23.2 Å². The lowest BCUT2D eigenvalue weighted by atomic mass is 10.3. The van der Waals surface area contributed by atoms with Gasteiger partial charge in [0.05, 0.1) is 0 Å². The standard InChI is InChI=1S/C14H18Cl2N2O3/c1-9(14(20)17-5-4-13(19)18(2)3)21-12-7-10(15)6-11(16)8-12/h6-9H,4-5H2,1-3H3,(H,17,20)/t9-/m1/s1. The first kappa shape index (κ1) is 17.6. The van der Waals surface area contributed by atoms with Crippen molar-refractivity contribution in [2.24, 2.45) is 0 Å². The fraction of sp³-hybridized carbons (Fsp3) is 0.429. The van der Waals surface area contributed by atoms with Gasteiger partial charge in [-0.05, 0) is 25.1 Å². The van der Waals surface area contributed by atoms with Crippen molar-refractivity contribution in [2.45, 2.75) is 19.4 Å². The van der Waals surface area contributed by atoms with E-state index >= 15 is 0 Å². The van der Waals surface area contributed by atoms with Gasteiger partial charge in [-0.1, -0.05) is 23.2 Å². The lowest BCUT2D eigenvalue weighted by Crippen LogP contribution is -2.38. The zero-order valence-electron chi connectivity index (χ0n) is 12.2. The molecule has 1 rings (SSSR count). The van der Waals surface area contributed by atoms with E-state index in [-0.39, 0.29) is 24.8 Å². The van der Waals surface area contributed by atoms with Crippen LogP contribution in [0.2, 0.25) is 10.0 Å². The van der Waals surface area contributed by atoms with Crippen molar-refractivity contribution in [1.29, 1.82) is 0 Å². The summed E-state index contributed by atoms with van der Waals surface area (Å²) >= 11 is 11.7. The van der Waals surface area contributed by atoms with Gasteiger partial charge in [0.15, 0.2) is 6.10 Å². The Morgan fingerprint density at radius 3 is 2.33 bits per heavy atom. The molecule has 0 radical (unpaired) electrons. The molecule has 0 heterocycles. The minimum Gasteiger partial charge on any atom is -0.481 e. The molecule has 0 aliphatic carbocycles. The third-order valence-corrected chi connectivity index (χ3v) is 3.09. The first-order valence-corrected chi connectivity index (χ1v) is 7.16. The summed E-state index contributed by atoms with van der Waals surface area (Å²) < 4.78 is 5.47. The fourth-order valence-electron chi connectivity index (χ4n) is 1.51. The molecule has 1 atom stereocenters. The predicted octanol–water partition coefficient (Wildman–Crippen LogP) is 2.36. The van der Waals surface area contributed by atoms with Gasteiger partial charge in [-0.15, -0.1) is 0 Å². The van der Waals surface area contributed by atoms with Crippen LogP contribution in [0.4, 0.5) is 0 Å². The van der Waals surface area contributed by atoms with Crippen LogP contribution in [0.1, 0.15) is 13.3 Å². The lowest BCUT2D eigenvalue weighted by Gasteiger charge is -2.15. The molecule has 0 bridgehead atoms. The Morgan fingerprint density at radius 1 is 1.24 bits per heavy atom. The van der Waals surface area contributed by atoms with Crippen LogP contribution in [0.25, 0.3) is 0 Å².